The lowest BCUT2D eigenvalue weighted by Crippen LogP contribution is -2.15. The van der Waals surface area contributed by atoms with E-state index in [2.05, 4.69) is 70.5 Å². The second-order valence-electron chi connectivity index (χ2n) is 7.24. The smallest absolute Gasteiger partial charge is 0.0484 e. The molecular formula is C22H27N3. The molecule has 0 saturated carbocycles. The summed E-state index contributed by atoms with van der Waals surface area (Å²) in [6.07, 6.45) is 4.65. The van der Waals surface area contributed by atoms with E-state index in [1.807, 2.05) is 7.05 Å². The Morgan fingerprint density at radius 2 is 1.80 bits per heavy atom. The van der Waals surface area contributed by atoms with Crippen molar-refractivity contribution in [2.45, 2.75) is 32.5 Å². The van der Waals surface area contributed by atoms with Gasteiger partial charge in [0, 0.05) is 43.8 Å². The summed E-state index contributed by atoms with van der Waals surface area (Å²) in [4.78, 5) is 2.54. The number of rotatable bonds is 6. The minimum absolute atomic E-state index is 1.03. The molecule has 1 N–H and O–H groups in total. The van der Waals surface area contributed by atoms with Crippen molar-refractivity contribution < 1.29 is 0 Å². The summed E-state index contributed by atoms with van der Waals surface area (Å²) in [5, 5.41) is 4.69. The Balaban J connectivity index is 1.57. The Morgan fingerprint density at radius 1 is 1.04 bits per heavy atom. The van der Waals surface area contributed by atoms with Crippen molar-refractivity contribution in [3.63, 3.8) is 0 Å². The molecule has 2 heterocycles. The van der Waals surface area contributed by atoms with E-state index in [0.717, 1.165) is 32.6 Å². The van der Waals surface area contributed by atoms with E-state index in [4.69, 9.17) is 0 Å². The summed E-state index contributed by atoms with van der Waals surface area (Å²) >= 11 is 0. The third-order valence-corrected chi connectivity index (χ3v) is 5.30. The molecule has 3 aromatic rings. The van der Waals surface area contributed by atoms with Crippen molar-refractivity contribution >= 4 is 10.9 Å². The van der Waals surface area contributed by atoms with E-state index in [1.54, 1.807) is 0 Å². The largest absolute Gasteiger partial charge is 0.350 e. The molecule has 0 amide bonds. The van der Waals surface area contributed by atoms with Crippen LogP contribution in [0.4, 0.5) is 0 Å². The van der Waals surface area contributed by atoms with Crippen LogP contribution in [0.2, 0.25) is 0 Å². The average molecular weight is 333 g/mol. The van der Waals surface area contributed by atoms with Crippen molar-refractivity contribution in [2.24, 2.45) is 7.05 Å². The molecule has 3 nitrogen and oxygen atoms in total. The highest BCUT2D eigenvalue weighted by molar-refractivity contribution is 5.85. The summed E-state index contributed by atoms with van der Waals surface area (Å²) in [6.45, 7) is 4.22. The fraction of sp³-hybridized carbons (Fsp3) is 0.364. The van der Waals surface area contributed by atoms with Crippen molar-refractivity contribution in [3.8, 4) is 0 Å². The zero-order valence-corrected chi connectivity index (χ0v) is 15.3. The van der Waals surface area contributed by atoms with Crippen LogP contribution in [0, 0.1) is 0 Å². The molecule has 1 aromatic heterocycles. The molecule has 3 heteroatoms. The van der Waals surface area contributed by atoms with Crippen LogP contribution in [0.1, 0.15) is 28.7 Å². The number of nitrogens with zero attached hydrogens (tertiary/aromatic N) is 2. The number of aromatic nitrogens is 1. The maximum atomic E-state index is 3.25. The van der Waals surface area contributed by atoms with Crippen LogP contribution in [0.3, 0.4) is 0 Å². The molecule has 1 aliphatic heterocycles. The molecule has 0 atom stereocenters. The van der Waals surface area contributed by atoms with Crippen LogP contribution < -0.4 is 5.32 Å². The van der Waals surface area contributed by atoms with Gasteiger partial charge in [-0.2, -0.15) is 0 Å². The summed E-state index contributed by atoms with van der Waals surface area (Å²) in [5.41, 5.74) is 7.25. The fourth-order valence-corrected chi connectivity index (χ4v) is 4.04. The van der Waals surface area contributed by atoms with E-state index >= 15 is 0 Å². The normalized spacial score (nSPS) is 14.3. The molecule has 4 rings (SSSR count). The van der Waals surface area contributed by atoms with Gasteiger partial charge in [-0.1, -0.05) is 30.3 Å². The quantitative estimate of drug-likeness (QED) is 0.692. The van der Waals surface area contributed by atoms with Crippen LogP contribution in [-0.2, 0) is 33.1 Å². The summed E-state index contributed by atoms with van der Waals surface area (Å²) < 4.78 is 2.30. The highest BCUT2D eigenvalue weighted by Crippen LogP contribution is 2.31. The molecule has 0 spiro atoms. The molecule has 2 aromatic carbocycles. The van der Waals surface area contributed by atoms with E-state index in [0.29, 0.717) is 0 Å². The lowest BCUT2D eigenvalue weighted by Gasteiger charge is -2.14. The predicted molar refractivity (Wildman–Crippen MR) is 105 cm³/mol. The minimum Gasteiger partial charge on any atom is -0.350 e. The Bertz CT molecular complexity index is 864. The van der Waals surface area contributed by atoms with Gasteiger partial charge in [0.25, 0.3) is 0 Å². The molecular weight excluding hydrogens is 306 g/mol. The molecule has 25 heavy (non-hydrogen) atoms. The van der Waals surface area contributed by atoms with E-state index < -0.39 is 0 Å². The van der Waals surface area contributed by atoms with Gasteiger partial charge < -0.3 is 9.88 Å². The van der Waals surface area contributed by atoms with Crippen molar-refractivity contribution in [1.29, 1.82) is 0 Å². The molecule has 130 valence electrons. The lowest BCUT2D eigenvalue weighted by atomic mass is 10.0. The third kappa shape index (κ3) is 3.35. The zero-order chi connectivity index (χ0) is 17.2. The maximum Gasteiger partial charge on any atom is 0.0484 e. The van der Waals surface area contributed by atoms with E-state index in [9.17, 15) is 0 Å². The highest BCUT2D eigenvalue weighted by atomic mass is 15.1. The number of aryl methyl sites for hydroxylation is 2. The average Bonchev–Trinajstić information content (AvgIpc) is 3.14. The van der Waals surface area contributed by atoms with Crippen molar-refractivity contribution in [2.75, 3.05) is 13.6 Å². The first kappa shape index (κ1) is 16.4. The lowest BCUT2D eigenvalue weighted by molar-refractivity contribution is 0.275. The van der Waals surface area contributed by atoms with Gasteiger partial charge in [-0.05, 0) is 60.8 Å². The SMILES string of the molecule is CNCCCc1cn(C)c2cc3c(cc12)CN(Cc1ccccc1)C3. The molecule has 0 unspecified atom stereocenters. The van der Waals surface area contributed by atoms with Gasteiger partial charge in [0.15, 0.2) is 0 Å². The van der Waals surface area contributed by atoms with Crippen molar-refractivity contribution in [1.82, 2.24) is 14.8 Å². The summed E-state index contributed by atoms with van der Waals surface area (Å²) in [5.74, 6) is 0. The summed E-state index contributed by atoms with van der Waals surface area (Å²) in [7, 11) is 4.20. The van der Waals surface area contributed by atoms with Gasteiger partial charge in [-0.15, -0.1) is 0 Å². The fourth-order valence-electron chi connectivity index (χ4n) is 4.04. The topological polar surface area (TPSA) is 20.2 Å². The van der Waals surface area contributed by atoms with Crippen LogP contribution in [0.15, 0.2) is 48.7 Å². The first-order valence-electron chi connectivity index (χ1n) is 9.25. The predicted octanol–water partition coefficient (Wildman–Crippen LogP) is 3.85. The number of hydrogen-bond acceptors (Lipinski definition) is 2. The second-order valence-corrected chi connectivity index (χ2v) is 7.24. The Morgan fingerprint density at radius 3 is 2.56 bits per heavy atom. The number of fused-ring (bicyclic) bond motifs is 2. The molecule has 0 radical (unpaired) electrons. The van der Waals surface area contributed by atoms with Crippen LogP contribution in [0.5, 0.6) is 0 Å². The van der Waals surface area contributed by atoms with Gasteiger partial charge in [-0.25, -0.2) is 0 Å². The Kier molecular flexibility index (Phi) is 4.60. The van der Waals surface area contributed by atoms with Gasteiger partial charge in [0.05, 0.1) is 0 Å². The maximum absolute atomic E-state index is 3.25. The summed E-state index contributed by atoms with van der Waals surface area (Å²) in [6, 6.07) is 15.7. The van der Waals surface area contributed by atoms with Gasteiger partial charge in [0.1, 0.15) is 0 Å². The Hall–Kier alpha value is -2.10. The first-order valence-corrected chi connectivity index (χ1v) is 9.25. The van der Waals surface area contributed by atoms with Crippen LogP contribution in [-0.4, -0.2) is 23.1 Å². The van der Waals surface area contributed by atoms with E-state index in [-0.39, 0.29) is 0 Å². The highest BCUT2D eigenvalue weighted by Gasteiger charge is 2.21. The molecule has 1 aliphatic rings. The van der Waals surface area contributed by atoms with Crippen LogP contribution in [0.25, 0.3) is 10.9 Å². The zero-order valence-electron chi connectivity index (χ0n) is 15.3. The number of hydrogen-bond donors (Lipinski definition) is 1. The minimum atomic E-state index is 1.03. The van der Waals surface area contributed by atoms with Crippen LogP contribution >= 0.6 is 0 Å². The monoisotopic (exact) mass is 333 g/mol. The number of nitrogens with one attached hydrogen (secondary N) is 1. The third-order valence-electron chi connectivity index (χ3n) is 5.30. The van der Waals surface area contributed by atoms with Gasteiger partial charge in [-0.3, -0.25) is 4.90 Å². The number of benzene rings is 2. The van der Waals surface area contributed by atoms with E-state index in [1.165, 1.54) is 39.6 Å². The van der Waals surface area contributed by atoms with Crippen molar-refractivity contribution in [3.05, 3.63) is 70.9 Å². The molecule has 0 aliphatic carbocycles. The Labute approximate surface area is 150 Å². The first-order chi connectivity index (χ1) is 12.2. The standard InChI is InChI=1S/C22H27N3/c1-23-10-6-9-18-14-24(2)22-12-20-16-25(15-19(20)11-21(18)22)13-17-7-4-3-5-8-17/h3-5,7-8,11-12,14,23H,6,9-10,13,15-16H2,1-2H3. The molecule has 0 bridgehead atoms. The molecule has 0 fully saturated rings. The van der Waals surface area contributed by atoms with Gasteiger partial charge in [0.2, 0.25) is 0 Å². The molecule has 0 saturated heterocycles. The second kappa shape index (κ2) is 7.03. The van der Waals surface area contributed by atoms with Gasteiger partial charge >= 0.3 is 0 Å².